The first kappa shape index (κ1) is 21.9. The Balaban J connectivity index is 1.60. The van der Waals surface area contributed by atoms with Crippen molar-refractivity contribution in [2.45, 2.75) is 20.4 Å². The quantitative estimate of drug-likeness (QED) is 0.309. The zero-order valence-corrected chi connectivity index (χ0v) is 20.0. The molecule has 0 saturated carbocycles. The minimum absolute atomic E-state index is 0.140. The fourth-order valence-electron chi connectivity index (χ4n) is 3.97. The van der Waals surface area contributed by atoms with Gasteiger partial charge in [-0.2, -0.15) is 5.10 Å². The van der Waals surface area contributed by atoms with Crippen molar-refractivity contribution in [2.75, 3.05) is 12.0 Å². The summed E-state index contributed by atoms with van der Waals surface area (Å²) in [7, 11) is 1.64. The van der Waals surface area contributed by atoms with Gasteiger partial charge in [0, 0.05) is 0 Å². The summed E-state index contributed by atoms with van der Waals surface area (Å²) in [6.45, 7) is 4.36. The number of ether oxygens (including phenoxy) is 1. The van der Waals surface area contributed by atoms with Crippen molar-refractivity contribution in [3.63, 3.8) is 0 Å². The van der Waals surface area contributed by atoms with Crippen LogP contribution < -0.4 is 9.64 Å². The molecule has 1 amide bonds. The molecule has 0 aliphatic carbocycles. The second-order valence-electron chi connectivity index (χ2n) is 8.03. The van der Waals surface area contributed by atoms with E-state index in [1.807, 2.05) is 86.6 Å². The van der Waals surface area contributed by atoms with Crippen LogP contribution in [-0.4, -0.2) is 27.8 Å². The Hall–Kier alpha value is -3.97. The number of aryl methyl sites for hydroxylation is 1. The molecular formula is C27H24N4O2S. The molecule has 2 heterocycles. The highest BCUT2D eigenvalue weighted by Crippen LogP contribution is 2.37. The molecule has 170 valence electrons. The molecule has 7 heteroatoms. The van der Waals surface area contributed by atoms with Crippen LogP contribution in [0, 0.1) is 13.8 Å². The molecule has 34 heavy (non-hydrogen) atoms. The third kappa shape index (κ3) is 3.95. The molecule has 0 unspecified atom stereocenters. The molecule has 5 rings (SSSR count). The van der Waals surface area contributed by atoms with Crippen LogP contribution in [0.1, 0.15) is 27.2 Å². The first-order valence-electron chi connectivity index (χ1n) is 11.0. The second kappa shape index (κ2) is 9.11. The van der Waals surface area contributed by atoms with Gasteiger partial charge in [-0.1, -0.05) is 65.9 Å². The van der Waals surface area contributed by atoms with Crippen LogP contribution in [0.5, 0.6) is 5.75 Å². The Morgan fingerprint density at radius 1 is 1.00 bits per heavy atom. The van der Waals surface area contributed by atoms with Gasteiger partial charge in [-0.3, -0.25) is 9.69 Å². The molecule has 0 aliphatic rings. The summed E-state index contributed by atoms with van der Waals surface area (Å²) in [6.07, 6.45) is 1.64. The van der Waals surface area contributed by atoms with Crippen molar-refractivity contribution in [2.24, 2.45) is 0 Å². The van der Waals surface area contributed by atoms with Gasteiger partial charge in [0.2, 0.25) is 0 Å². The first-order chi connectivity index (χ1) is 16.6. The van der Waals surface area contributed by atoms with E-state index < -0.39 is 0 Å². The third-order valence-corrected chi connectivity index (χ3v) is 7.03. The Morgan fingerprint density at radius 3 is 2.41 bits per heavy atom. The van der Waals surface area contributed by atoms with E-state index >= 15 is 0 Å². The molecule has 0 N–H and O–H groups in total. The summed E-state index contributed by atoms with van der Waals surface area (Å²) in [5.74, 6) is 0.558. The molecule has 0 bridgehead atoms. The highest BCUT2D eigenvalue weighted by Gasteiger charge is 2.26. The van der Waals surface area contributed by atoms with E-state index in [2.05, 4.69) is 5.10 Å². The number of carbonyl (C=O) groups is 1. The van der Waals surface area contributed by atoms with Crippen LogP contribution in [0.3, 0.4) is 0 Å². The number of carbonyl (C=O) groups excluding carboxylic acids is 1. The number of aromatic nitrogens is 3. The Morgan fingerprint density at radius 2 is 1.71 bits per heavy atom. The Bertz CT molecular complexity index is 1460. The van der Waals surface area contributed by atoms with Crippen molar-refractivity contribution in [3.8, 4) is 11.4 Å². The zero-order valence-electron chi connectivity index (χ0n) is 19.2. The van der Waals surface area contributed by atoms with Gasteiger partial charge >= 0.3 is 0 Å². The number of rotatable bonds is 6. The number of amides is 1. The second-order valence-corrected chi connectivity index (χ2v) is 9.00. The van der Waals surface area contributed by atoms with Crippen molar-refractivity contribution >= 4 is 32.6 Å². The number of benzene rings is 3. The minimum Gasteiger partial charge on any atom is -0.494 e. The van der Waals surface area contributed by atoms with Crippen molar-refractivity contribution in [1.29, 1.82) is 0 Å². The predicted molar refractivity (Wildman–Crippen MR) is 136 cm³/mol. The summed E-state index contributed by atoms with van der Waals surface area (Å²) in [5, 5.41) is 5.13. The average Bonchev–Trinajstić information content (AvgIpc) is 3.48. The number of anilines is 1. The Kier molecular flexibility index (Phi) is 5.86. The van der Waals surface area contributed by atoms with Gasteiger partial charge in [-0.15, -0.1) is 0 Å². The largest absolute Gasteiger partial charge is 0.494 e. The van der Waals surface area contributed by atoms with Crippen molar-refractivity contribution in [3.05, 3.63) is 101 Å². The van der Waals surface area contributed by atoms with Crippen LogP contribution in [0.4, 0.5) is 5.13 Å². The number of hydrogen-bond acceptors (Lipinski definition) is 5. The molecule has 0 saturated heterocycles. The number of thiazole rings is 1. The number of para-hydroxylation sites is 1. The highest BCUT2D eigenvalue weighted by atomic mass is 32.1. The lowest BCUT2D eigenvalue weighted by molar-refractivity contribution is 0.0984. The van der Waals surface area contributed by atoms with Crippen LogP contribution in [-0.2, 0) is 6.54 Å². The van der Waals surface area contributed by atoms with Crippen LogP contribution in [0.2, 0.25) is 0 Å². The van der Waals surface area contributed by atoms with E-state index in [1.54, 1.807) is 22.9 Å². The van der Waals surface area contributed by atoms with Crippen molar-refractivity contribution in [1.82, 2.24) is 14.8 Å². The number of fused-ring (bicyclic) bond motifs is 1. The number of nitrogens with zero attached hydrogens (tertiary/aromatic N) is 4. The molecule has 0 aliphatic heterocycles. The standard InChI is InChI=1S/C27H24N4O2S/c1-18-14-15-23(33-3)24-25(18)34-27(29-24)30(17-20-10-6-4-7-11-20)26(32)22-16-28-31(19(22)2)21-12-8-5-9-13-21/h4-16H,17H2,1-3H3. The molecule has 5 aromatic rings. The van der Waals surface area contributed by atoms with E-state index in [9.17, 15) is 4.79 Å². The summed E-state index contributed by atoms with van der Waals surface area (Å²) in [5.41, 5.74) is 5.12. The van der Waals surface area contributed by atoms with Crippen LogP contribution in [0.15, 0.2) is 79.0 Å². The van der Waals surface area contributed by atoms with Crippen LogP contribution >= 0.6 is 11.3 Å². The molecule has 0 atom stereocenters. The molecule has 0 fully saturated rings. The molecule has 2 aromatic heterocycles. The summed E-state index contributed by atoms with van der Waals surface area (Å²) in [6, 6.07) is 23.7. The predicted octanol–water partition coefficient (Wildman–Crippen LogP) is 5.95. The van der Waals surface area contributed by atoms with Gasteiger partial charge in [-0.05, 0) is 43.2 Å². The molecule has 0 spiro atoms. The minimum atomic E-state index is -0.140. The van der Waals surface area contributed by atoms with Gasteiger partial charge in [0.15, 0.2) is 5.13 Å². The SMILES string of the molecule is COc1ccc(C)c2sc(N(Cc3ccccc3)C(=O)c3cnn(-c4ccccc4)c3C)nc12. The number of methoxy groups -OCH3 is 1. The topological polar surface area (TPSA) is 60.2 Å². The number of hydrogen-bond donors (Lipinski definition) is 0. The molecular weight excluding hydrogens is 444 g/mol. The van der Waals surface area contributed by atoms with Crippen molar-refractivity contribution < 1.29 is 9.53 Å². The summed E-state index contributed by atoms with van der Waals surface area (Å²) in [4.78, 5) is 20.5. The highest BCUT2D eigenvalue weighted by molar-refractivity contribution is 7.22. The van der Waals surface area contributed by atoms with Gasteiger partial charge in [0.25, 0.3) is 5.91 Å². The smallest absolute Gasteiger partial charge is 0.263 e. The fraction of sp³-hybridized carbons (Fsp3) is 0.148. The van der Waals surface area contributed by atoms with Gasteiger partial charge in [-0.25, -0.2) is 9.67 Å². The maximum absolute atomic E-state index is 13.9. The fourth-order valence-corrected chi connectivity index (χ4v) is 5.01. The average molecular weight is 469 g/mol. The zero-order chi connectivity index (χ0) is 23.7. The lowest BCUT2D eigenvalue weighted by Gasteiger charge is -2.20. The van der Waals surface area contributed by atoms with E-state index in [4.69, 9.17) is 9.72 Å². The summed E-state index contributed by atoms with van der Waals surface area (Å²) < 4.78 is 8.34. The Labute approximate surface area is 202 Å². The maximum Gasteiger partial charge on any atom is 0.263 e. The first-order valence-corrected chi connectivity index (χ1v) is 11.8. The monoisotopic (exact) mass is 468 g/mol. The van der Waals surface area contributed by atoms with E-state index in [0.717, 1.165) is 32.7 Å². The lowest BCUT2D eigenvalue weighted by Crippen LogP contribution is -2.30. The lowest BCUT2D eigenvalue weighted by atomic mass is 10.2. The van der Waals surface area contributed by atoms with E-state index in [1.165, 1.54) is 11.3 Å². The molecule has 0 radical (unpaired) electrons. The summed E-state index contributed by atoms with van der Waals surface area (Å²) >= 11 is 1.50. The maximum atomic E-state index is 13.9. The van der Waals surface area contributed by atoms with Gasteiger partial charge in [0.05, 0.1) is 41.5 Å². The molecule has 6 nitrogen and oxygen atoms in total. The van der Waals surface area contributed by atoms with Gasteiger partial charge < -0.3 is 4.74 Å². The van der Waals surface area contributed by atoms with Gasteiger partial charge in [0.1, 0.15) is 11.3 Å². The van der Waals surface area contributed by atoms with Crippen LogP contribution in [0.25, 0.3) is 15.9 Å². The molecule has 3 aromatic carbocycles. The third-order valence-electron chi connectivity index (χ3n) is 5.81. The normalized spacial score (nSPS) is 11.0. The van der Waals surface area contributed by atoms with E-state index in [-0.39, 0.29) is 5.91 Å². The van der Waals surface area contributed by atoms with E-state index in [0.29, 0.717) is 23.0 Å².